The van der Waals surface area contributed by atoms with Gasteiger partial charge in [0, 0.05) is 15.1 Å². The summed E-state index contributed by atoms with van der Waals surface area (Å²) in [6, 6.07) is 21.5. The molecule has 3 aromatic carbocycles. The molecule has 0 unspecified atom stereocenters. The van der Waals surface area contributed by atoms with E-state index in [4.69, 9.17) is 21.1 Å². The Kier molecular flexibility index (Phi) is 7.57. The van der Waals surface area contributed by atoms with Crippen molar-refractivity contribution in [3.63, 3.8) is 0 Å². The lowest BCUT2D eigenvalue weighted by Crippen LogP contribution is -2.00. The van der Waals surface area contributed by atoms with Gasteiger partial charge in [-0.3, -0.25) is 0 Å². The van der Waals surface area contributed by atoms with Gasteiger partial charge in [0.1, 0.15) is 6.61 Å². The monoisotopic (exact) mass is 481 g/mol. The van der Waals surface area contributed by atoms with E-state index in [0.29, 0.717) is 40.9 Å². The van der Waals surface area contributed by atoms with Crippen molar-refractivity contribution < 1.29 is 9.47 Å². The molecule has 0 aliphatic carbocycles. The van der Waals surface area contributed by atoms with Crippen LogP contribution in [0.5, 0.6) is 11.5 Å². The Balaban J connectivity index is 1.94. The van der Waals surface area contributed by atoms with E-state index in [9.17, 15) is 5.26 Å². The van der Waals surface area contributed by atoms with Crippen LogP contribution in [0, 0.1) is 18.3 Å². The molecular formula is C25H21BrClNO2. The first-order valence-electron chi connectivity index (χ1n) is 9.53. The van der Waals surface area contributed by atoms with E-state index in [2.05, 4.69) is 41.1 Å². The van der Waals surface area contributed by atoms with Crippen LogP contribution in [0.1, 0.15) is 29.2 Å². The van der Waals surface area contributed by atoms with Gasteiger partial charge in [-0.2, -0.15) is 5.26 Å². The molecule has 0 atom stereocenters. The zero-order valence-corrected chi connectivity index (χ0v) is 19.1. The van der Waals surface area contributed by atoms with E-state index in [1.807, 2.05) is 49.4 Å². The summed E-state index contributed by atoms with van der Waals surface area (Å²) in [7, 11) is 0. The fourth-order valence-corrected chi connectivity index (χ4v) is 3.69. The van der Waals surface area contributed by atoms with Crippen LogP contribution in [-0.2, 0) is 6.61 Å². The average molecular weight is 483 g/mol. The van der Waals surface area contributed by atoms with Crippen LogP contribution in [0.25, 0.3) is 11.6 Å². The molecule has 0 aliphatic rings. The van der Waals surface area contributed by atoms with Crippen molar-refractivity contribution >= 4 is 39.2 Å². The number of aryl methyl sites for hydroxylation is 1. The van der Waals surface area contributed by atoms with E-state index in [0.717, 1.165) is 15.6 Å². The highest BCUT2D eigenvalue weighted by Crippen LogP contribution is 2.36. The third-order valence-corrected chi connectivity index (χ3v) is 5.44. The van der Waals surface area contributed by atoms with Gasteiger partial charge in [0.2, 0.25) is 0 Å². The molecule has 152 valence electrons. The lowest BCUT2D eigenvalue weighted by molar-refractivity contribution is 0.269. The maximum atomic E-state index is 9.67. The van der Waals surface area contributed by atoms with Crippen LogP contribution in [-0.4, -0.2) is 6.61 Å². The molecule has 0 bridgehead atoms. The van der Waals surface area contributed by atoms with E-state index < -0.39 is 0 Å². The van der Waals surface area contributed by atoms with E-state index in [1.165, 1.54) is 5.56 Å². The first-order valence-corrected chi connectivity index (χ1v) is 10.7. The lowest BCUT2D eigenvalue weighted by Gasteiger charge is -2.14. The average Bonchev–Trinajstić information content (AvgIpc) is 2.73. The molecule has 0 aromatic heterocycles. The zero-order chi connectivity index (χ0) is 21.5. The Hall–Kier alpha value is -2.74. The van der Waals surface area contributed by atoms with Crippen LogP contribution in [0.4, 0.5) is 0 Å². The number of benzene rings is 3. The highest BCUT2D eigenvalue weighted by Gasteiger charge is 2.13. The van der Waals surface area contributed by atoms with Crippen molar-refractivity contribution in [1.82, 2.24) is 0 Å². The van der Waals surface area contributed by atoms with Gasteiger partial charge in [0.15, 0.2) is 11.5 Å². The molecule has 0 heterocycles. The van der Waals surface area contributed by atoms with Gasteiger partial charge >= 0.3 is 0 Å². The molecule has 0 fully saturated rings. The number of halogens is 2. The lowest BCUT2D eigenvalue weighted by atomic mass is 10.0. The fourth-order valence-electron chi connectivity index (χ4n) is 3.01. The molecule has 0 N–H and O–H groups in total. The molecule has 0 aliphatic heterocycles. The summed E-state index contributed by atoms with van der Waals surface area (Å²) in [5.41, 5.74) is 4.23. The minimum absolute atomic E-state index is 0.437. The number of nitrogens with zero attached hydrogens (tertiary/aromatic N) is 1. The van der Waals surface area contributed by atoms with Crippen LogP contribution < -0.4 is 9.47 Å². The highest BCUT2D eigenvalue weighted by atomic mass is 79.9. The maximum absolute atomic E-state index is 9.67. The van der Waals surface area contributed by atoms with Crippen LogP contribution >= 0.6 is 27.5 Å². The predicted octanol–water partition coefficient (Wildman–Crippen LogP) is 7.45. The Morgan fingerprint density at radius 2 is 1.83 bits per heavy atom. The van der Waals surface area contributed by atoms with Gasteiger partial charge in [-0.15, -0.1) is 0 Å². The maximum Gasteiger partial charge on any atom is 0.162 e. The summed E-state index contributed by atoms with van der Waals surface area (Å²) < 4.78 is 12.6. The van der Waals surface area contributed by atoms with Crippen molar-refractivity contribution in [2.75, 3.05) is 6.61 Å². The number of hydrogen-bond acceptors (Lipinski definition) is 3. The number of nitriles is 1. The van der Waals surface area contributed by atoms with Crippen LogP contribution in [0.2, 0.25) is 5.02 Å². The van der Waals surface area contributed by atoms with Crippen molar-refractivity contribution in [3.05, 3.63) is 92.4 Å². The summed E-state index contributed by atoms with van der Waals surface area (Å²) in [6.45, 7) is 4.92. The second kappa shape index (κ2) is 10.3. The topological polar surface area (TPSA) is 42.2 Å². The molecule has 0 saturated heterocycles. The summed E-state index contributed by atoms with van der Waals surface area (Å²) in [4.78, 5) is 0. The predicted molar refractivity (Wildman–Crippen MR) is 126 cm³/mol. The van der Waals surface area contributed by atoms with Crippen LogP contribution in [0.15, 0.2) is 65.1 Å². The molecule has 5 heteroatoms. The zero-order valence-electron chi connectivity index (χ0n) is 16.8. The Morgan fingerprint density at radius 1 is 1.07 bits per heavy atom. The Bertz CT molecular complexity index is 1120. The molecule has 3 nitrogen and oxygen atoms in total. The third-order valence-electron chi connectivity index (χ3n) is 4.42. The van der Waals surface area contributed by atoms with Gasteiger partial charge < -0.3 is 9.47 Å². The number of ether oxygens (including phenoxy) is 2. The second-order valence-corrected chi connectivity index (χ2v) is 7.94. The number of allylic oxidation sites excluding steroid dienone is 1. The normalized spacial score (nSPS) is 11.1. The van der Waals surface area contributed by atoms with Gasteiger partial charge in [-0.1, -0.05) is 75.6 Å². The fraction of sp³-hybridized carbons (Fsp3) is 0.160. The SMILES string of the molecule is CCOc1cc(C=C(C#N)c2ccccc2Cl)c(Br)cc1OCc1cccc(C)c1. The highest BCUT2D eigenvalue weighted by molar-refractivity contribution is 9.10. The summed E-state index contributed by atoms with van der Waals surface area (Å²) in [6.07, 6.45) is 1.79. The Labute approximate surface area is 190 Å². The van der Waals surface area contributed by atoms with E-state index in [-0.39, 0.29) is 0 Å². The molecular weight excluding hydrogens is 462 g/mol. The van der Waals surface area contributed by atoms with Crippen molar-refractivity contribution in [1.29, 1.82) is 5.26 Å². The number of rotatable bonds is 7. The van der Waals surface area contributed by atoms with E-state index >= 15 is 0 Å². The molecule has 3 aromatic rings. The quantitative estimate of drug-likeness (QED) is 0.259. The van der Waals surface area contributed by atoms with Crippen molar-refractivity contribution in [2.45, 2.75) is 20.5 Å². The minimum Gasteiger partial charge on any atom is -0.490 e. The molecule has 0 saturated carbocycles. The van der Waals surface area contributed by atoms with Gasteiger partial charge in [0.25, 0.3) is 0 Å². The van der Waals surface area contributed by atoms with Gasteiger partial charge in [0.05, 0.1) is 18.2 Å². The van der Waals surface area contributed by atoms with Gasteiger partial charge in [-0.05, 0) is 49.2 Å². The van der Waals surface area contributed by atoms with Gasteiger partial charge in [-0.25, -0.2) is 0 Å². The largest absolute Gasteiger partial charge is 0.490 e. The first kappa shape index (κ1) is 22.0. The van der Waals surface area contributed by atoms with Crippen molar-refractivity contribution in [2.24, 2.45) is 0 Å². The minimum atomic E-state index is 0.437. The molecule has 0 radical (unpaired) electrons. The first-order chi connectivity index (χ1) is 14.5. The molecule has 0 spiro atoms. The summed E-state index contributed by atoms with van der Waals surface area (Å²) in [5.74, 6) is 1.26. The Morgan fingerprint density at radius 3 is 2.53 bits per heavy atom. The van der Waals surface area contributed by atoms with E-state index in [1.54, 1.807) is 12.1 Å². The van der Waals surface area contributed by atoms with Crippen molar-refractivity contribution in [3.8, 4) is 17.6 Å². The number of hydrogen-bond donors (Lipinski definition) is 0. The van der Waals surface area contributed by atoms with Crippen LogP contribution in [0.3, 0.4) is 0 Å². The molecule has 3 rings (SSSR count). The summed E-state index contributed by atoms with van der Waals surface area (Å²) >= 11 is 9.87. The smallest absolute Gasteiger partial charge is 0.162 e. The third kappa shape index (κ3) is 5.44. The molecule has 0 amide bonds. The second-order valence-electron chi connectivity index (χ2n) is 6.68. The molecule has 30 heavy (non-hydrogen) atoms. The standard InChI is InChI=1S/C25H21BrClNO2/c1-3-29-24-13-19(12-20(15-28)21-9-4-5-10-23(21)27)22(26)14-25(24)30-16-18-8-6-7-17(2)11-18/h4-14H,3,16H2,1-2H3. The summed E-state index contributed by atoms with van der Waals surface area (Å²) in [5, 5.41) is 10.2.